The molecule has 2 aromatic rings. The first-order valence-corrected chi connectivity index (χ1v) is 8.98. The summed E-state index contributed by atoms with van der Waals surface area (Å²) in [6.45, 7) is 1.39. The van der Waals surface area contributed by atoms with Crippen LogP contribution in [0.5, 0.6) is 0 Å². The second-order valence-corrected chi connectivity index (χ2v) is 7.46. The molecule has 7 heteroatoms. The Morgan fingerprint density at radius 3 is 2.91 bits per heavy atom. The number of hydrogen-bond donors (Lipinski definition) is 1. The molecule has 0 aliphatic carbocycles. The van der Waals surface area contributed by atoms with Crippen LogP contribution in [0.4, 0.5) is 0 Å². The first-order chi connectivity index (χ1) is 10.6. The van der Waals surface area contributed by atoms with Gasteiger partial charge in [-0.3, -0.25) is 4.79 Å². The highest BCUT2D eigenvalue weighted by atomic mass is 35.5. The molecule has 1 amide bonds. The molecule has 1 aliphatic heterocycles. The molecule has 1 unspecified atom stereocenters. The Morgan fingerprint density at radius 1 is 1.36 bits per heavy atom. The molecule has 1 aliphatic rings. The van der Waals surface area contributed by atoms with Crippen molar-refractivity contribution in [3.8, 4) is 0 Å². The van der Waals surface area contributed by atoms with Crippen molar-refractivity contribution in [2.75, 3.05) is 13.2 Å². The normalized spacial score (nSPS) is 18.0. The predicted octanol–water partition coefficient (Wildman–Crippen LogP) is 5.16. The standard InChI is InChI=1S/C15H14Cl3NO2S/c16-8-6-10(17)12-11(7-8)22-14(13(12)18)15(20)19-4-3-9-2-1-5-21-9/h6-7,9H,1-5H2,(H,19,20). The Balaban J connectivity index is 1.73. The van der Waals surface area contributed by atoms with Crippen LogP contribution in [0.15, 0.2) is 12.1 Å². The van der Waals surface area contributed by atoms with Crippen LogP contribution in [0.2, 0.25) is 15.1 Å². The summed E-state index contributed by atoms with van der Waals surface area (Å²) in [5.41, 5.74) is 0. The van der Waals surface area contributed by atoms with Gasteiger partial charge in [0.15, 0.2) is 0 Å². The van der Waals surface area contributed by atoms with E-state index in [4.69, 9.17) is 39.5 Å². The summed E-state index contributed by atoms with van der Waals surface area (Å²) < 4.78 is 6.35. The van der Waals surface area contributed by atoms with E-state index in [1.54, 1.807) is 12.1 Å². The summed E-state index contributed by atoms with van der Waals surface area (Å²) in [6, 6.07) is 3.39. The SMILES string of the molecule is O=C(NCCC1CCCO1)c1sc2cc(Cl)cc(Cl)c2c1Cl. The Hall–Kier alpha value is -0.520. The number of fused-ring (bicyclic) bond motifs is 1. The average molecular weight is 379 g/mol. The minimum atomic E-state index is -0.184. The first kappa shape index (κ1) is 16.3. The highest BCUT2D eigenvalue weighted by Gasteiger charge is 2.20. The number of halogens is 3. The number of nitrogens with one attached hydrogen (secondary N) is 1. The van der Waals surface area contributed by atoms with Crippen LogP contribution in [-0.4, -0.2) is 25.2 Å². The molecule has 118 valence electrons. The van der Waals surface area contributed by atoms with E-state index < -0.39 is 0 Å². The quantitative estimate of drug-likeness (QED) is 0.798. The predicted molar refractivity (Wildman–Crippen MR) is 92.8 cm³/mol. The van der Waals surface area contributed by atoms with Gasteiger partial charge in [-0.25, -0.2) is 0 Å². The topological polar surface area (TPSA) is 38.3 Å². The van der Waals surface area contributed by atoms with Crippen LogP contribution in [-0.2, 0) is 4.74 Å². The maximum Gasteiger partial charge on any atom is 0.262 e. The van der Waals surface area contributed by atoms with Gasteiger partial charge in [-0.05, 0) is 31.4 Å². The van der Waals surface area contributed by atoms with Crippen molar-refractivity contribution in [1.29, 1.82) is 0 Å². The molecule has 0 radical (unpaired) electrons. The zero-order chi connectivity index (χ0) is 15.7. The van der Waals surface area contributed by atoms with Gasteiger partial charge in [0, 0.05) is 28.3 Å². The summed E-state index contributed by atoms with van der Waals surface area (Å²) in [6.07, 6.45) is 3.24. The lowest BCUT2D eigenvalue weighted by Gasteiger charge is -2.09. The van der Waals surface area contributed by atoms with Gasteiger partial charge in [-0.2, -0.15) is 0 Å². The van der Waals surface area contributed by atoms with Crippen molar-refractivity contribution in [3.63, 3.8) is 0 Å². The molecule has 3 nitrogen and oxygen atoms in total. The van der Waals surface area contributed by atoms with Gasteiger partial charge in [-0.1, -0.05) is 34.8 Å². The van der Waals surface area contributed by atoms with Crippen molar-refractivity contribution < 1.29 is 9.53 Å². The van der Waals surface area contributed by atoms with Gasteiger partial charge in [0.25, 0.3) is 5.91 Å². The third-order valence-electron chi connectivity index (χ3n) is 3.63. The molecule has 1 atom stereocenters. The number of carbonyl (C=O) groups excluding carboxylic acids is 1. The van der Waals surface area contributed by atoms with E-state index in [0.717, 1.165) is 30.6 Å². The minimum Gasteiger partial charge on any atom is -0.378 e. The molecule has 0 spiro atoms. The molecule has 0 saturated carbocycles. The van der Waals surface area contributed by atoms with Crippen molar-refractivity contribution in [2.45, 2.75) is 25.4 Å². The molecule has 1 aromatic carbocycles. The molecular weight excluding hydrogens is 365 g/mol. The number of carbonyl (C=O) groups is 1. The maximum absolute atomic E-state index is 12.3. The Labute approximate surface area is 147 Å². The molecule has 1 saturated heterocycles. The number of ether oxygens (including phenoxy) is 1. The highest BCUT2D eigenvalue weighted by Crippen LogP contribution is 2.41. The monoisotopic (exact) mass is 377 g/mol. The molecule has 1 fully saturated rings. The molecule has 22 heavy (non-hydrogen) atoms. The van der Waals surface area contributed by atoms with Crippen LogP contribution >= 0.6 is 46.1 Å². The fourth-order valence-corrected chi connectivity index (χ4v) is 4.85. The summed E-state index contributed by atoms with van der Waals surface area (Å²) in [4.78, 5) is 12.8. The van der Waals surface area contributed by atoms with Gasteiger partial charge in [-0.15, -0.1) is 11.3 Å². The molecule has 0 bridgehead atoms. The van der Waals surface area contributed by atoms with Gasteiger partial charge < -0.3 is 10.1 Å². The van der Waals surface area contributed by atoms with Gasteiger partial charge in [0.05, 0.1) is 16.1 Å². The molecule has 1 N–H and O–H groups in total. The van der Waals surface area contributed by atoms with Gasteiger partial charge in [0.2, 0.25) is 0 Å². The van der Waals surface area contributed by atoms with Crippen LogP contribution in [0.1, 0.15) is 28.9 Å². The number of hydrogen-bond acceptors (Lipinski definition) is 3. The second-order valence-electron chi connectivity index (χ2n) is 5.19. The van der Waals surface area contributed by atoms with E-state index in [1.165, 1.54) is 11.3 Å². The van der Waals surface area contributed by atoms with Crippen LogP contribution in [0, 0.1) is 0 Å². The number of thiophene rings is 1. The van der Waals surface area contributed by atoms with Gasteiger partial charge in [0.1, 0.15) is 4.88 Å². The molecule has 1 aromatic heterocycles. The first-order valence-electron chi connectivity index (χ1n) is 7.03. The van der Waals surface area contributed by atoms with Crippen molar-refractivity contribution in [1.82, 2.24) is 5.32 Å². The average Bonchev–Trinajstić information content (AvgIpc) is 3.06. The Bertz CT molecular complexity index is 710. The van der Waals surface area contributed by atoms with E-state index in [9.17, 15) is 4.79 Å². The lowest BCUT2D eigenvalue weighted by atomic mass is 10.2. The fourth-order valence-electron chi connectivity index (χ4n) is 2.56. The molecule has 3 rings (SSSR count). The van der Waals surface area contributed by atoms with Crippen molar-refractivity contribution in [2.24, 2.45) is 0 Å². The summed E-state index contributed by atoms with van der Waals surface area (Å²) in [5, 5.41) is 4.95. The van der Waals surface area contributed by atoms with Crippen molar-refractivity contribution >= 4 is 62.1 Å². The molecular formula is C15H14Cl3NO2S. The number of amides is 1. The molecule has 2 heterocycles. The lowest BCUT2D eigenvalue weighted by molar-refractivity contribution is 0.0910. The third kappa shape index (κ3) is 3.36. The zero-order valence-electron chi connectivity index (χ0n) is 11.6. The largest absolute Gasteiger partial charge is 0.378 e. The van der Waals surface area contributed by atoms with E-state index in [0.29, 0.717) is 31.9 Å². The Morgan fingerprint density at radius 2 is 2.18 bits per heavy atom. The van der Waals surface area contributed by atoms with Crippen LogP contribution < -0.4 is 5.32 Å². The third-order valence-corrected chi connectivity index (χ3v) is 5.77. The number of rotatable bonds is 4. The smallest absolute Gasteiger partial charge is 0.262 e. The van der Waals surface area contributed by atoms with E-state index in [1.807, 2.05) is 0 Å². The van der Waals surface area contributed by atoms with Crippen LogP contribution in [0.3, 0.4) is 0 Å². The van der Waals surface area contributed by atoms with E-state index in [2.05, 4.69) is 5.32 Å². The van der Waals surface area contributed by atoms with E-state index in [-0.39, 0.29) is 12.0 Å². The second kappa shape index (κ2) is 6.93. The lowest BCUT2D eigenvalue weighted by Crippen LogP contribution is -2.26. The Kier molecular flexibility index (Phi) is 5.15. The summed E-state index contributed by atoms with van der Waals surface area (Å²) in [7, 11) is 0. The fraction of sp³-hybridized carbons (Fsp3) is 0.400. The van der Waals surface area contributed by atoms with Gasteiger partial charge >= 0.3 is 0 Å². The maximum atomic E-state index is 12.3. The highest BCUT2D eigenvalue weighted by molar-refractivity contribution is 7.21. The van der Waals surface area contributed by atoms with E-state index >= 15 is 0 Å². The minimum absolute atomic E-state index is 0.184. The zero-order valence-corrected chi connectivity index (χ0v) is 14.7. The summed E-state index contributed by atoms with van der Waals surface area (Å²) in [5.74, 6) is -0.184. The van der Waals surface area contributed by atoms with Crippen molar-refractivity contribution in [3.05, 3.63) is 32.1 Å². The summed E-state index contributed by atoms with van der Waals surface area (Å²) >= 11 is 19.8. The number of benzene rings is 1. The van der Waals surface area contributed by atoms with Crippen LogP contribution in [0.25, 0.3) is 10.1 Å².